The molecule has 0 bridgehead atoms. The van der Waals surface area contributed by atoms with Crippen LogP contribution in [0, 0.1) is 0 Å². The highest BCUT2D eigenvalue weighted by Gasteiger charge is 2.27. The quantitative estimate of drug-likeness (QED) is 0.699. The van der Waals surface area contributed by atoms with Crippen molar-refractivity contribution < 1.29 is 22.8 Å². The number of benzene rings is 1. The first kappa shape index (κ1) is 19.7. The maximum atomic E-state index is 12.6. The van der Waals surface area contributed by atoms with E-state index < -0.39 is 10.0 Å². The van der Waals surface area contributed by atoms with Gasteiger partial charge < -0.3 is 14.5 Å². The van der Waals surface area contributed by atoms with Crippen LogP contribution in [0.25, 0.3) is 0 Å². The van der Waals surface area contributed by atoms with Crippen LogP contribution in [0.3, 0.4) is 0 Å². The van der Waals surface area contributed by atoms with E-state index in [0.29, 0.717) is 25.4 Å². The van der Waals surface area contributed by atoms with Crippen molar-refractivity contribution in [3.8, 4) is 5.75 Å². The number of nitrogens with zero attached hydrogens (tertiary/aromatic N) is 2. The van der Waals surface area contributed by atoms with Crippen molar-refractivity contribution in [3.63, 3.8) is 0 Å². The molecule has 140 valence electrons. The van der Waals surface area contributed by atoms with Crippen LogP contribution in [0.1, 0.15) is 13.8 Å². The van der Waals surface area contributed by atoms with Gasteiger partial charge in [-0.1, -0.05) is 0 Å². The Hall–Kier alpha value is -1.64. The molecule has 1 N–H and O–H groups in total. The average Bonchev–Trinajstić information content (AvgIpc) is 2.62. The van der Waals surface area contributed by atoms with Gasteiger partial charge in [-0.3, -0.25) is 4.79 Å². The van der Waals surface area contributed by atoms with E-state index in [9.17, 15) is 13.2 Å². The Morgan fingerprint density at radius 3 is 2.32 bits per heavy atom. The van der Waals surface area contributed by atoms with Gasteiger partial charge in [0, 0.05) is 7.05 Å². The van der Waals surface area contributed by atoms with Gasteiger partial charge in [-0.05, 0) is 38.1 Å². The van der Waals surface area contributed by atoms with Crippen molar-refractivity contribution in [2.24, 2.45) is 0 Å². The molecule has 1 aliphatic rings. The molecule has 1 heterocycles. The van der Waals surface area contributed by atoms with Gasteiger partial charge in [-0.25, -0.2) is 8.42 Å². The Morgan fingerprint density at radius 2 is 1.80 bits per heavy atom. The van der Waals surface area contributed by atoms with Gasteiger partial charge in [0.1, 0.15) is 5.75 Å². The minimum absolute atomic E-state index is 0.142. The highest BCUT2D eigenvalue weighted by molar-refractivity contribution is 7.89. The first-order valence-electron chi connectivity index (χ1n) is 8.69. The maximum absolute atomic E-state index is 12.6. The summed E-state index contributed by atoms with van der Waals surface area (Å²) in [7, 11) is -2.25. The van der Waals surface area contributed by atoms with E-state index in [4.69, 9.17) is 4.74 Å². The molecule has 1 aliphatic heterocycles. The van der Waals surface area contributed by atoms with Crippen LogP contribution in [0.4, 0.5) is 0 Å². The minimum atomic E-state index is -3.69. The molecule has 1 aromatic rings. The third kappa shape index (κ3) is 4.93. The molecule has 1 saturated heterocycles. The summed E-state index contributed by atoms with van der Waals surface area (Å²) in [6.45, 7) is 8.61. The second-order valence-electron chi connectivity index (χ2n) is 6.15. The first-order valence-corrected chi connectivity index (χ1v) is 10.1. The molecule has 0 aromatic heterocycles. The predicted octanol–water partition coefficient (Wildman–Crippen LogP) is -0.547. The second-order valence-corrected chi connectivity index (χ2v) is 8.19. The number of quaternary nitrogens is 1. The minimum Gasteiger partial charge on any atom is -0.494 e. The Kier molecular flexibility index (Phi) is 6.80. The summed E-state index contributed by atoms with van der Waals surface area (Å²) in [5.74, 6) is 0.476. The molecule has 0 atom stereocenters. The Morgan fingerprint density at radius 1 is 1.20 bits per heavy atom. The summed E-state index contributed by atoms with van der Waals surface area (Å²) in [5, 5.41) is 0. The monoisotopic (exact) mass is 370 g/mol. The summed E-state index contributed by atoms with van der Waals surface area (Å²) in [6.07, 6.45) is 0. The number of ether oxygens (including phenoxy) is 1. The maximum Gasteiger partial charge on any atom is 0.243 e. The van der Waals surface area contributed by atoms with Gasteiger partial charge in [-0.15, -0.1) is 0 Å². The molecule has 0 radical (unpaired) electrons. The van der Waals surface area contributed by atoms with E-state index in [1.165, 1.54) is 24.1 Å². The fourth-order valence-electron chi connectivity index (χ4n) is 2.86. The van der Waals surface area contributed by atoms with Gasteiger partial charge in [0.2, 0.25) is 15.9 Å². The molecule has 1 amide bonds. The third-order valence-corrected chi connectivity index (χ3v) is 6.34. The molecule has 7 nitrogen and oxygen atoms in total. The summed E-state index contributed by atoms with van der Waals surface area (Å²) >= 11 is 0. The van der Waals surface area contributed by atoms with E-state index in [1.54, 1.807) is 17.0 Å². The predicted molar refractivity (Wildman–Crippen MR) is 95.2 cm³/mol. The SMILES string of the molecule is CCOc1ccc(S(=O)(=O)N(C)CC(=O)N2CC[NH+](CC)CC2)cc1. The van der Waals surface area contributed by atoms with Crippen LogP contribution in [0.2, 0.25) is 0 Å². The van der Waals surface area contributed by atoms with Crippen molar-refractivity contribution in [3.05, 3.63) is 24.3 Å². The zero-order valence-electron chi connectivity index (χ0n) is 15.2. The van der Waals surface area contributed by atoms with E-state index in [2.05, 4.69) is 6.92 Å². The highest BCUT2D eigenvalue weighted by Crippen LogP contribution is 2.19. The fraction of sp³-hybridized carbons (Fsp3) is 0.588. The van der Waals surface area contributed by atoms with Crippen molar-refractivity contribution in [2.75, 3.05) is 52.9 Å². The van der Waals surface area contributed by atoms with E-state index in [0.717, 1.165) is 23.9 Å². The van der Waals surface area contributed by atoms with Crippen LogP contribution in [0.5, 0.6) is 5.75 Å². The van der Waals surface area contributed by atoms with Crippen molar-refractivity contribution in [2.45, 2.75) is 18.7 Å². The fourth-order valence-corrected chi connectivity index (χ4v) is 3.98. The molecular weight excluding hydrogens is 342 g/mol. The number of rotatable bonds is 7. The lowest BCUT2D eigenvalue weighted by atomic mass is 10.3. The van der Waals surface area contributed by atoms with Gasteiger partial charge >= 0.3 is 0 Å². The number of amides is 1. The standard InChI is InChI=1S/C17H27N3O4S/c1-4-19-10-12-20(13-11-19)17(21)14-18(3)25(22,23)16-8-6-15(7-9-16)24-5-2/h6-9H,4-5,10-14H2,1-3H3/p+1. The van der Waals surface area contributed by atoms with Crippen molar-refractivity contribution in [1.29, 1.82) is 0 Å². The summed E-state index contributed by atoms with van der Waals surface area (Å²) in [5.41, 5.74) is 0. The lowest BCUT2D eigenvalue weighted by Crippen LogP contribution is -3.14. The summed E-state index contributed by atoms with van der Waals surface area (Å²) < 4.78 is 31.7. The van der Waals surface area contributed by atoms with Crippen LogP contribution in [0.15, 0.2) is 29.2 Å². The topological polar surface area (TPSA) is 71.4 Å². The number of piperazine rings is 1. The second kappa shape index (κ2) is 8.64. The van der Waals surface area contributed by atoms with E-state index >= 15 is 0 Å². The number of likely N-dealkylation sites (N-methyl/N-ethyl adjacent to an activating group) is 2. The van der Waals surface area contributed by atoms with Crippen LogP contribution in [-0.4, -0.2) is 76.5 Å². The number of nitrogens with one attached hydrogen (secondary N) is 1. The van der Waals surface area contributed by atoms with Crippen molar-refractivity contribution in [1.82, 2.24) is 9.21 Å². The Bertz CT molecular complexity index is 668. The lowest BCUT2D eigenvalue weighted by Gasteiger charge is -2.32. The van der Waals surface area contributed by atoms with Crippen molar-refractivity contribution >= 4 is 15.9 Å². The Labute approximate surface area is 150 Å². The lowest BCUT2D eigenvalue weighted by molar-refractivity contribution is -0.902. The van der Waals surface area contributed by atoms with Gasteiger partial charge in [0.15, 0.2) is 0 Å². The van der Waals surface area contributed by atoms with Crippen LogP contribution in [-0.2, 0) is 14.8 Å². The molecule has 25 heavy (non-hydrogen) atoms. The zero-order chi connectivity index (χ0) is 18.4. The normalized spacial score (nSPS) is 16.2. The molecule has 0 spiro atoms. The summed E-state index contributed by atoms with van der Waals surface area (Å²) in [6, 6.07) is 6.26. The highest BCUT2D eigenvalue weighted by atomic mass is 32.2. The average molecular weight is 370 g/mol. The third-order valence-electron chi connectivity index (χ3n) is 4.52. The number of carbonyl (C=O) groups excluding carboxylic acids is 1. The van der Waals surface area contributed by atoms with E-state index in [-0.39, 0.29) is 17.3 Å². The Balaban J connectivity index is 1.98. The number of hydrogen-bond donors (Lipinski definition) is 1. The largest absolute Gasteiger partial charge is 0.494 e. The van der Waals surface area contributed by atoms with Gasteiger partial charge in [0.05, 0.1) is 50.8 Å². The molecule has 1 fully saturated rings. The zero-order valence-corrected chi connectivity index (χ0v) is 16.0. The van der Waals surface area contributed by atoms with Crippen LogP contribution >= 0.6 is 0 Å². The van der Waals surface area contributed by atoms with Crippen LogP contribution < -0.4 is 9.64 Å². The molecule has 8 heteroatoms. The van der Waals surface area contributed by atoms with Gasteiger partial charge in [0.25, 0.3) is 0 Å². The number of carbonyl (C=O) groups is 1. The van der Waals surface area contributed by atoms with E-state index in [1.807, 2.05) is 6.92 Å². The summed E-state index contributed by atoms with van der Waals surface area (Å²) in [4.78, 5) is 15.8. The first-order chi connectivity index (χ1) is 11.9. The molecule has 0 saturated carbocycles. The molecule has 1 aromatic carbocycles. The molecular formula is C17H28N3O4S+. The molecule has 0 unspecified atom stereocenters. The molecule has 0 aliphatic carbocycles. The van der Waals surface area contributed by atoms with Gasteiger partial charge in [-0.2, -0.15) is 4.31 Å². The number of hydrogen-bond acceptors (Lipinski definition) is 4. The smallest absolute Gasteiger partial charge is 0.243 e. The number of sulfonamides is 1. The molecule has 2 rings (SSSR count).